The smallest absolute Gasteiger partial charge is 0.126 e. The minimum Gasteiger partial charge on any atom is -0.490 e. The lowest BCUT2D eigenvalue weighted by Crippen LogP contribution is -2.29. The van der Waals surface area contributed by atoms with Crippen molar-refractivity contribution in [1.29, 1.82) is 0 Å². The summed E-state index contributed by atoms with van der Waals surface area (Å²) in [4.78, 5) is 0. The highest BCUT2D eigenvalue weighted by atomic mass is 19.1. The second kappa shape index (κ2) is 5.91. The first-order valence-electron chi connectivity index (χ1n) is 7.21. The number of hydrogen-bond donors (Lipinski definition) is 1. The van der Waals surface area contributed by atoms with Crippen LogP contribution in [0, 0.1) is 18.7 Å². The van der Waals surface area contributed by atoms with E-state index >= 15 is 0 Å². The number of hydrogen-bond acceptors (Lipinski definition) is 2. The molecule has 0 spiro atoms. The summed E-state index contributed by atoms with van der Waals surface area (Å²) in [5.74, 6) is 1.10. The van der Waals surface area contributed by atoms with Crippen LogP contribution >= 0.6 is 0 Å². The van der Waals surface area contributed by atoms with E-state index in [9.17, 15) is 4.39 Å². The zero-order valence-electron chi connectivity index (χ0n) is 12.1. The van der Waals surface area contributed by atoms with E-state index in [2.05, 4.69) is 6.92 Å². The van der Waals surface area contributed by atoms with Crippen molar-refractivity contribution in [3.05, 3.63) is 29.1 Å². The van der Waals surface area contributed by atoms with E-state index in [1.165, 1.54) is 25.3 Å². The molecule has 1 saturated carbocycles. The predicted molar refractivity (Wildman–Crippen MR) is 75.8 cm³/mol. The maximum absolute atomic E-state index is 13.7. The fourth-order valence-corrected chi connectivity index (χ4v) is 2.75. The summed E-state index contributed by atoms with van der Waals surface area (Å²) in [5.41, 5.74) is 7.31. The Hall–Kier alpha value is -1.09. The van der Waals surface area contributed by atoms with Gasteiger partial charge in [-0.3, -0.25) is 0 Å². The maximum Gasteiger partial charge on any atom is 0.126 e. The summed E-state index contributed by atoms with van der Waals surface area (Å²) in [5, 5.41) is 0. The average Bonchev–Trinajstić information content (AvgIpc) is 2.36. The van der Waals surface area contributed by atoms with Gasteiger partial charge in [0.1, 0.15) is 17.7 Å². The van der Waals surface area contributed by atoms with Gasteiger partial charge in [-0.15, -0.1) is 0 Å². The summed E-state index contributed by atoms with van der Waals surface area (Å²) >= 11 is 0. The first-order valence-corrected chi connectivity index (χ1v) is 7.21. The number of benzene rings is 1. The number of ether oxygens (including phenoxy) is 1. The standard InChI is InChI=1S/C16H24FNO/c1-10-6-4-5-7-15(10)19-16-8-11(2)14(17)9-13(16)12(3)18/h8-10,12,15H,4-7,18H2,1-3H3/t10?,12-,15?/m1/s1. The molecule has 0 aliphatic heterocycles. The zero-order valence-corrected chi connectivity index (χ0v) is 12.1. The summed E-state index contributed by atoms with van der Waals surface area (Å²) < 4.78 is 19.8. The summed E-state index contributed by atoms with van der Waals surface area (Å²) in [6.07, 6.45) is 5.01. The Bertz CT molecular complexity index is 445. The quantitative estimate of drug-likeness (QED) is 0.892. The monoisotopic (exact) mass is 265 g/mol. The van der Waals surface area contributed by atoms with Gasteiger partial charge >= 0.3 is 0 Å². The molecule has 0 heterocycles. The van der Waals surface area contributed by atoms with Crippen molar-refractivity contribution in [3.8, 4) is 5.75 Å². The van der Waals surface area contributed by atoms with E-state index in [0.29, 0.717) is 11.5 Å². The van der Waals surface area contributed by atoms with Crippen molar-refractivity contribution in [2.24, 2.45) is 11.7 Å². The Kier molecular flexibility index (Phi) is 4.46. The van der Waals surface area contributed by atoms with Gasteiger partial charge in [-0.2, -0.15) is 0 Å². The second-order valence-corrected chi connectivity index (χ2v) is 5.85. The van der Waals surface area contributed by atoms with Gasteiger partial charge in [0.05, 0.1) is 0 Å². The lowest BCUT2D eigenvalue weighted by molar-refractivity contribution is 0.101. The van der Waals surface area contributed by atoms with E-state index in [0.717, 1.165) is 17.7 Å². The van der Waals surface area contributed by atoms with E-state index < -0.39 is 0 Å². The highest BCUT2D eigenvalue weighted by Crippen LogP contribution is 2.32. The fraction of sp³-hybridized carbons (Fsp3) is 0.625. The molecule has 0 aromatic heterocycles. The lowest BCUT2D eigenvalue weighted by atomic mass is 9.88. The molecule has 1 aromatic rings. The molecule has 0 amide bonds. The van der Waals surface area contributed by atoms with Crippen molar-refractivity contribution in [2.75, 3.05) is 0 Å². The highest BCUT2D eigenvalue weighted by molar-refractivity contribution is 5.40. The van der Waals surface area contributed by atoms with Crippen molar-refractivity contribution in [2.45, 2.75) is 58.6 Å². The number of rotatable bonds is 3. The molecule has 3 heteroatoms. The third-order valence-electron chi connectivity index (χ3n) is 4.09. The Morgan fingerprint density at radius 3 is 2.63 bits per heavy atom. The van der Waals surface area contributed by atoms with Crippen molar-refractivity contribution in [3.63, 3.8) is 0 Å². The molecular weight excluding hydrogens is 241 g/mol. The zero-order chi connectivity index (χ0) is 14.0. The Morgan fingerprint density at radius 2 is 2.00 bits per heavy atom. The topological polar surface area (TPSA) is 35.2 Å². The van der Waals surface area contributed by atoms with E-state index in [4.69, 9.17) is 10.5 Å². The molecule has 1 aliphatic rings. The molecule has 1 aromatic carbocycles. The van der Waals surface area contributed by atoms with Crippen LogP contribution in [0.5, 0.6) is 5.75 Å². The summed E-state index contributed by atoms with van der Waals surface area (Å²) in [6, 6.07) is 3.09. The molecule has 0 radical (unpaired) electrons. The first kappa shape index (κ1) is 14.3. The van der Waals surface area contributed by atoms with Gasteiger partial charge in [-0.1, -0.05) is 13.3 Å². The van der Waals surface area contributed by atoms with Crippen molar-refractivity contribution < 1.29 is 9.13 Å². The third kappa shape index (κ3) is 3.27. The largest absolute Gasteiger partial charge is 0.490 e. The number of nitrogens with two attached hydrogens (primary N) is 1. The molecule has 2 rings (SSSR count). The van der Waals surface area contributed by atoms with Gasteiger partial charge in [-0.05, 0) is 56.7 Å². The van der Waals surface area contributed by atoms with E-state index in [1.807, 2.05) is 6.92 Å². The number of aryl methyl sites for hydroxylation is 1. The Labute approximate surface area is 115 Å². The van der Waals surface area contributed by atoms with Gasteiger partial charge in [0.15, 0.2) is 0 Å². The normalized spacial score (nSPS) is 25.1. The molecular formula is C16H24FNO. The van der Waals surface area contributed by atoms with Gasteiger partial charge in [-0.25, -0.2) is 4.39 Å². The van der Waals surface area contributed by atoms with Crippen LogP contribution in [0.2, 0.25) is 0 Å². The Morgan fingerprint density at radius 1 is 1.32 bits per heavy atom. The highest BCUT2D eigenvalue weighted by Gasteiger charge is 2.24. The molecule has 19 heavy (non-hydrogen) atoms. The van der Waals surface area contributed by atoms with Gasteiger partial charge in [0, 0.05) is 11.6 Å². The van der Waals surface area contributed by atoms with Crippen LogP contribution in [0.3, 0.4) is 0 Å². The SMILES string of the molecule is Cc1cc(OC2CCCCC2C)c([C@@H](C)N)cc1F. The summed E-state index contributed by atoms with van der Waals surface area (Å²) in [7, 11) is 0. The molecule has 1 fully saturated rings. The minimum absolute atomic E-state index is 0.212. The van der Waals surface area contributed by atoms with Crippen LogP contribution in [0.4, 0.5) is 4.39 Å². The first-order chi connectivity index (χ1) is 8.99. The number of halogens is 1. The second-order valence-electron chi connectivity index (χ2n) is 5.85. The molecule has 0 saturated heterocycles. The molecule has 0 bridgehead atoms. The molecule has 2 N–H and O–H groups in total. The fourth-order valence-electron chi connectivity index (χ4n) is 2.75. The van der Waals surface area contributed by atoms with Gasteiger partial charge < -0.3 is 10.5 Å². The predicted octanol–water partition coefficient (Wildman–Crippen LogP) is 4.11. The van der Waals surface area contributed by atoms with E-state index in [-0.39, 0.29) is 18.0 Å². The van der Waals surface area contributed by atoms with Gasteiger partial charge in [0.2, 0.25) is 0 Å². The third-order valence-corrected chi connectivity index (χ3v) is 4.09. The maximum atomic E-state index is 13.7. The molecule has 3 atom stereocenters. The van der Waals surface area contributed by atoms with Crippen LogP contribution in [-0.4, -0.2) is 6.10 Å². The molecule has 2 unspecified atom stereocenters. The van der Waals surface area contributed by atoms with Crippen LogP contribution < -0.4 is 10.5 Å². The summed E-state index contributed by atoms with van der Waals surface area (Å²) in [6.45, 7) is 5.85. The molecule has 106 valence electrons. The average molecular weight is 265 g/mol. The van der Waals surface area contributed by atoms with Crippen LogP contribution in [0.1, 0.15) is 56.7 Å². The van der Waals surface area contributed by atoms with Crippen molar-refractivity contribution >= 4 is 0 Å². The molecule has 1 aliphatic carbocycles. The van der Waals surface area contributed by atoms with Crippen LogP contribution in [-0.2, 0) is 0 Å². The van der Waals surface area contributed by atoms with Crippen LogP contribution in [0.15, 0.2) is 12.1 Å². The van der Waals surface area contributed by atoms with E-state index in [1.54, 1.807) is 13.0 Å². The van der Waals surface area contributed by atoms with Gasteiger partial charge in [0.25, 0.3) is 0 Å². The lowest BCUT2D eigenvalue weighted by Gasteiger charge is -2.30. The molecule has 2 nitrogen and oxygen atoms in total. The minimum atomic E-state index is -0.219. The van der Waals surface area contributed by atoms with Crippen molar-refractivity contribution in [1.82, 2.24) is 0 Å². The van der Waals surface area contributed by atoms with Crippen LogP contribution in [0.25, 0.3) is 0 Å². The Balaban J connectivity index is 2.25.